The fraction of sp³-hybridized carbons (Fsp3) is 0.167. The summed E-state index contributed by atoms with van der Waals surface area (Å²) in [5, 5.41) is 10.2. The lowest BCUT2D eigenvalue weighted by atomic mass is 10.1. The number of anilines is 1. The minimum absolute atomic E-state index is 0.194. The molecule has 0 saturated heterocycles. The normalized spacial score (nSPS) is 10.3. The smallest absolute Gasteiger partial charge is 0.263 e. The van der Waals surface area contributed by atoms with Gasteiger partial charge in [-0.3, -0.25) is 4.79 Å². The Morgan fingerprint density at radius 3 is 2.52 bits per heavy atom. The van der Waals surface area contributed by atoms with E-state index in [1.807, 2.05) is 37.3 Å². The second-order valence-electron chi connectivity index (χ2n) is 5.32. The number of rotatable bonds is 6. The van der Waals surface area contributed by atoms with Gasteiger partial charge in [-0.2, -0.15) is 0 Å². The molecule has 1 amide bonds. The molecule has 0 aliphatic heterocycles. The van der Waals surface area contributed by atoms with Gasteiger partial charge in [-0.1, -0.05) is 42.0 Å². The summed E-state index contributed by atoms with van der Waals surface area (Å²) in [6.07, 6.45) is 0. The van der Waals surface area contributed by atoms with Crippen molar-refractivity contribution in [1.29, 1.82) is 0 Å². The van der Waals surface area contributed by atoms with E-state index in [4.69, 9.17) is 14.1 Å². The number of hydrogen-bond donors (Lipinski definition) is 1. The summed E-state index contributed by atoms with van der Waals surface area (Å²) in [5.74, 6) is 0.906. The molecule has 0 radical (unpaired) electrons. The number of nitrogens with one attached hydrogen (secondary N) is 1. The molecule has 3 aromatic rings. The highest BCUT2D eigenvalue weighted by Crippen LogP contribution is 2.26. The van der Waals surface area contributed by atoms with Crippen LogP contribution in [0, 0.1) is 6.92 Å². The van der Waals surface area contributed by atoms with Crippen LogP contribution in [0.4, 0.5) is 5.82 Å². The van der Waals surface area contributed by atoms with Crippen molar-refractivity contribution in [3.8, 4) is 22.8 Å². The molecule has 0 bridgehead atoms. The number of ether oxygens (including phenoxy) is 2. The van der Waals surface area contributed by atoms with Gasteiger partial charge in [-0.05, 0) is 29.4 Å². The van der Waals surface area contributed by atoms with Gasteiger partial charge in [-0.15, -0.1) is 0 Å². The monoisotopic (exact) mass is 339 g/mol. The Bertz CT molecular complexity index is 859. The number of aromatic nitrogens is 2. The van der Waals surface area contributed by atoms with E-state index < -0.39 is 0 Å². The number of methoxy groups -OCH3 is 1. The highest BCUT2D eigenvalue weighted by molar-refractivity contribution is 5.94. The van der Waals surface area contributed by atoms with E-state index in [-0.39, 0.29) is 18.3 Å². The molecule has 0 aliphatic rings. The molecule has 0 saturated carbocycles. The van der Waals surface area contributed by atoms with Gasteiger partial charge in [0.25, 0.3) is 5.91 Å². The number of hydrogen-bond acceptors (Lipinski definition) is 6. The van der Waals surface area contributed by atoms with E-state index in [1.54, 1.807) is 18.2 Å². The molecule has 1 aromatic heterocycles. The maximum atomic E-state index is 12.1. The van der Waals surface area contributed by atoms with Crippen LogP contribution in [0.5, 0.6) is 11.5 Å². The maximum Gasteiger partial charge on any atom is 0.263 e. The largest absolute Gasteiger partial charge is 0.493 e. The number of para-hydroxylation sites is 2. The summed E-state index contributed by atoms with van der Waals surface area (Å²) < 4.78 is 15.4. The van der Waals surface area contributed by atoms with E-state index in [2.05, 4.69) is 15.6 Å². The molecular weight excluding hydrogens is 322 g/mol. The third-order valence-corrected chi connectivity index (χ3v) is 3.50. The van der Waals surface area contributed by atoms with Gasteiger partial charge in [-0.25, -0.2) is 4.63 Å². The van der Waals surface area contributed by atoms with Crippen molar-refractivity contribution in [3.05, 3.63) is 54.1 Å². The number of benzene rings is 2. The van der Waals surface area contributed by atoms with Crippen LogP contribution in [0.1, 0.15) is 5.56 Å². The van der Waals surface area contributed by atoms with Crippen LogP contribution in [0.25, 0.3) is 11.3 Å². The molecule has 128 valence electrons. The van der Waals surface area contributed by atoms with Crippen LogP contribution in [0.15, 0.2) is 53.2 Å². The van der Waals surface area contributed by atoms with E-state index in [1.165, 1.54) is 7.11 Å². The molecule has 1 N–H and O–H groups in total. The summed E-state index contributed by atoms with van der Waals surface area (Å²) in [7, 11) is 1.54. The average Bonchev–Trinajstić information content (AvgIpc) is 3.09. The third-order valence-electron chi connectivity index (χ3n) is 3.50. The van der Waals surface area contributed by atoms with Crippen molar-refractivity contribution in [2.24, 2.45) is 0 Å². The molecule has 0 atom stereocenters. The molecular formula is C18H17N3O4. The van der Waals surface area contributed by atoms with Crippen LogP contribution >= 0.6 is 0 Å². The van der Waals surface area contributed by atoms with E-state index in [0.717, 1.165) is 11.1 Å². The molecule has 7 nitrogen and oxygen atoms in total. The highest BCUT2D eigenvalue weighted by Gasteiger charge is 2.15. The first kappa shape index (κ1) is 16.5. The molecule has 0 fully saturated rings. The Hall–Kier alpha value is -3.35. The zero-order valence-corrected chi connectivity index (χ0v) is 13.9. The lowest BCUT2D eigenvalue weighted by Gasteiger charge is -2.09. The van der Waals surface area contributed by atoms with Gasteiger partial charge in [0.1, 0.15) is 0 Å². The van der Waals surface area contributed by atoms with Crippen molar-refractivity contribution in [3.63, 3.8) is 0 Å². The zero-order chi connectivity index (χ0) is 17.6. The van der Waals surface area contributed by atoms with Crippen LogP contribution in [-0.4, -0.2) is 29.9 Å². The van der Waals surface area contributed by atoms with Crippen molar-refractivity contribution < 1.29 is 18.9 Å². The predicted molar refractivity (Wildman–Crippen MR) is 91.6 cm³/mol. The summed E-state index contributed by atoms with van der Waals surface area (Å²) in [6.45, 7) is 1.79. The van der Waals surface area contributed by atoms with Gasteiger partial charge >= 0.3 is 0 Å². The predicted octanol–water partition coefficient (Wildman–Crippen LogP) is 3.07. The standard InChI is InChI=1S/C18H17N3O4/c1-12-7-9-13(10-8-12)17-18(21-25-20-17)19-16(22)11-24-15-6-4-3-5-14(15)23-2/h3-10H,11H2,1-2H3,(H,19,21,22). The minimum Gasteiger partial charge on any atom is -0.493 e. The van der Waals surface area contributed by atoms with Crippen LogP contribution < -0.4 is 14.8 Å². The number of amides is 1. The summed E-state index contributed by atoms with van der Waals surface area (Å²) in [6, 6.07) is 14.8. The maximum absolute atomic E-state index is 12.1. The van der Waals surface area contributed by atoms with Gasteiger partial charge in [0.05, 0.1) is 7.11 Å². The zero-order valence-electron chi connectivity index (χ0n) is 13.9. The molecule has 0 aliphatic carbocycles. The number of aryl methyl sites for hydroxylation is 1. The van der Waals surface area contributed by atoms with Crippen molar-refractivity contribution >= 4 is 11.7 Å². The third kappa shape index (κ3) is 3.95. The molecule has 2 aromatic carbocycles. The molecule has 3 rings (SSSR count). The Morgan fingerprint density at radius 2 is 1.80 bits per heavy atom. The molecule has 0 spiro atoms. The number of nitrogens with zero attached hydrogens (tertiary/aromatic N) is 2. The second kappa shape index (κ2) is 7.48. The van der Waals surface area contributed by atoms with Crippen molar-refractivity contribution in [2.45, 2.75) is 6.92 Å². The second-order valence-corrected chi connectivity index (χ2v) is 5.32. The SMILES string of the molecule is COc1ccccc1OCC(=O)Nc1nonc1-c1ccc(C)cc1. The summed E-state index contributed by atoms with van der Waals surface area (Å²) >= 11 is 0. The highest BCUT2D eigenvalue weighted by atomic mass is 16.6. The number of carbonyl (C=O) groups excluding carboxylic acids is 1. The lowest BCUT2D eigenvalue weighted by molar-refractivity contribution is -0.118. The lowest BCUT2D eigenvalue weighted by Crippen LogP contribution is -2.20. The van der Waals surface area contributed by atoms with E-state index in [9.17, 15) is 4.79 Å². The summed E-state index contributed by atoms with van der Waals surface area (Å²) in [4.78, 5) is 12.1. The first-order chi connectivity index (χ1) is 12.2. The number of carbonyl (C=O) groups is 1. The van der Waals surface area contributed by atoms with Crippen molar-refractivity contribution in [2.75, 3.05) is 19.0 Å². The van der Waals surface area contributed by atoms with Gasteiger partial charge in [0, 0.05) is 5.56 Å². The van der Waals surface area contributed by atoms with Gasteiger partial charge in [0.15, 0.2) is 23.8 Å². The Kier molecular flexibility index (Phi) is 4.94. The molecule has 0 unspecified atom stereocenters. The summed E-state index contributed by atoms with van der Waals surface area (Å²) in [5.41, 5.74) is 2.38. The van der Waals surface area contributed by atoms with Gasteiger partial charge < -0.3 is 14.8 Å². The Morgan fingerprint density at radius 1 is 1.08 bits per heavy atom. The molecule has 7 heteroatoms. The quantitative estimate of drug-likeness (QED) is 0.743. The fourth-order valence-corrected chi connectivity index (χ4v) is 2.22. The minimum atomic E-state index is -0.380. The molecule has 1 heterocycles. The van der Waals surface area contributed by atoms with Crippen LogP contribution in [0.3, 0.4) is 0 Å². The van der Waals surface area contributed by atoms with Crippen molar-refractivity contribution in [1.82, 2.24) is 10.3 Å². The fourth-order valence-electron chi connectivity index (χ4n) is 2.22. The Labute approximate surface area is 144 Å². The first-order valence-corrected chi connectivity index (χ1v) is 7.62. The van der Waals surface area contributed by atoms with Crippen LogP contribution in [-0.2, 0) is 4.79 Å². The van der Waals surface area contributed by atoms with Crippen LogP contribution in [0.2, 0.25) is 0 Å². The van der Waals surface area contributed by atoms with E-state index in [0.29, 0.717) is 17.2 Å². The first-order valence-electron chi connectivity index (χ1n) is 7.62. The average molecular weight is 339 g/mol. The van der Waals surface area contributed by atoms with E-state index >= 15 is 0 Å². The Balaban J connectivity index is 1.66. The molecule has 25 heavy (non-hydrogen) atoms. The van der Waals surface area contributed by atoms with Gasteiger partial charge in [0.2, 0.25) is 5.82 Å². The topological polar surface area (TPSA) is 86.5 Å².